The molecule has 0 spiro atoms. The molecule has 0 aliphatic carbocycles. The van der Waals surface area contributed by atoms with Gasteiger partial charge in [0.2, 0.25) is 5.91 Å². The maximum atomic E-state index is 12.6. The number of hydrogen-bond acceptors (Lipinski definition) is 2. The third-order valence-electron chi connectivity index (χ3n) is 2.78. The van der Waals surface area contributed by atoms with Crippen LogP contribution < -0.4 is 4.90 Å². The average molecular weight is 245 g/mol. The van der Waals surface area contributed by atoms with E-state index < -0.39 is 17.5 Å². The summed E-state index contributed by atoms with van der Waals surface area (Å²) < 4.78 is 37.7. The molecule has 0 unspecified atom stereocenters. The van der Waals surface area contributed by atoms with Crippen LogP contribution in [0.1, 0.15) is 18.1 Å². The Kier molecular flexibility index (Phi) is 2.52. The number of carbonyl (C=O) groups excluding carboxylic acids is 1. The third kappa shape index (κ3) is 1.94. The predicted octanol–water partition coefficient (Wildman–Crippen LogP) is 2.32. The van der Waals surface area contributed by atoms with Crippen molar-refractivity contribution < 1.29 is 23.1 Å². The topological polar surface area (TPSA) is 40.5 Å². The van der Waals surface area contributed by atoms with Gasteiger partial charge >= 0.3 is 6.18 Å². The van der Waals surface area contributed by atoms with Crippen LogP contribution in [0.15, 0.2) is 12.1 Å². The lowest BCUT2D eigenvalue weighted by atomic mass is 10.1. The van der Waals surface area contributed by atoms with Crippen molar-refractivity contribution in [3.63, 3.8) is 0 Å². The van der Waals surface area contributed by atoms with Crippen LogP contribution >= 0.6 is 0 Å². The number of phenolic OH excluding ortho intramolecular Hbond substituents is 1. The highest BCUT2D eigenvalue weighted by molar-refractivity contribution is 5.94. The van der Waals surface area contributed by atoms with Gasteiger partial charge < -0.3 is 10.0 Å². The number of anilines is 1. The second-order valence-corrected chi connectivity index (χ2v) is 3.92. The molecule has 0 radical (unpaired) electrons. The molecule has 1 N–H and O–H groups in total. The van der Waals surface area contributed by atoms with Gasteiger partial charge in [0.15, 0.2) is 0 Å². The first-order valence-corrected chi connectivity index (χ1v) is 5.02. The molecule has 0 saturated carbocycles. The fourth-order valence-electron chi connectivity index (χ4n) is 1.98. The number of amides is 1. The van der Waals surface area contributed by atoms with Crippen molar-refractivity contribution in [3.05, 3.63) is 23.3 Å². The van der Waals surface area contributed by atoms with Crippen molar-refractivity contribution in [1.29, 1.82) is 0 Å². The summed E-state index contributed by atoms with van der Waals surface area (Å²) in [6, 6.07) is 1.92. The van der Waals surface area contributed by atoms with Gasteiger partial charge in [0.05, 0.1) is 5.56 Å². The van der Waals surface area contributed by atoms with Gasteiger partial charge in [0.1, 0.15) is 5.75 Å². The highest BCUT2D eigenvalue weighted by atomic mass is 19.4. The number of alkyl halides is 3. The van der Waals surface area contributed by atoms with Gasteiger partial charge in [-0.3, -0.25) is 4.79 Å². The molecule has 0 bridgehead atoms. The molecule has 3 nitrogen and oxygen atoms in total. The third-order valence-corrected chi connectivity index (χ3v) is 2.78. The van der Waals surface area contributed by atoms with Gasteiger partial charge in [-0.1, -0.05) is 0 Å². The highest BCUT2D eigenvalue weighted by Gasteiger charge is 2.36. The molecule has 1 aliphatic rings. The number of nitrogens with zero attached hydrogens (tertiary/aromatic N) is 1. The summed E-state index contributed by atoms with van der Waals surface area (Å²) >= 11 is 0. The molecule has 1 amide bonds. The van der Waals surface area contributed by atoms with Crippen LogP contribution in [0.5, 0.6) is 5.75 Å². The minimum absolute atomic E-state index is 0.239. The van der Waals surface area contributed by atoms with Gasteiger partial charge in [-0.2, -0.15) is 13.2 Å². The number of carbonyl (C=O) groups is 1. The molecule has 1 aromatic rings. The SMILES string of the molecule is CC(=O)N1CCc2cc(O)c(C(F)(F)F)cc21. The Bertz CT molecular complexity index is 482. The average Bonchev–Trinajstić information content (AvgIpc) is 2.57. The fraction of sp³-hybridized carbons (Fsp3) is 0.364. The van der Waals surface area contributed by atoms with E-state index >= 15 is 0 Å². The number of fused-ring (bicyclic) bond motifs is 1. The van der Waals surface area contributed by atoms with E-state index in [-0.39, 0.29) is 11.6 Å². The molecule has 0 aromatic heterocycles. The molecule has 2 rings (SSSR count). The molecular weight excluding hydrogens is 235 g/mol. The smallest absolute Gasteiger partial charge is 0.420 e. The van der Waals surface area contributed by atoms with Crippen molar-refractivity contribution in [3.8, 4) is 5.75 Å². The van der Waals surface area contributed by atoms with E-state index in [9.17, 15) is 23.1 Å². The van der Waals surface area contributed by atoms with Crippen molar-refractivity contribution in [2.45, 2.75) is 19.5 Å². The van der Waals surface area contributed by atoms with Crippen LogP contribution in [0.4, 0.5) is 18.9 Å². The molecule has 0 atom stereocenters. The molecule has 6 heteroatoms. The highest BCUT2D eigenvalue weighted by Crippen LogP contribution is 2.41. The molecule has 1 aromatic carbocycles. The number of benzene rings is 1. The quantitative estimate of drug-likeness (QED) is 0.762. The standard InChI is InChI=1S/C11H10F3NO2/c1-6(16)15-3-2-7-4-10(17)8(5-9(7)15)11(12,13)14/h4-5,17H,2-3H2,1H3. The lowest BCUT2D eigenvalue weighted by molar-refractivity contribution is -0.138. The minimum atomic E-state index is -4.62. The number of halogens is 3. The van der Waals surface area contributed by atoms with E-state index in [2.05, 4.69) is 0 Å². The van der Waals surface area contributed by atoms with Crippen molar-refractivity contribution in [2.24, 2.45) is 0 Å². The zero-order valence-corrected chi connectivity index (χ0v) is 9.01. The van der Waals surface area contributed by atoms with Gasteiger partial charge in [-0.05, 0) is 24.1 Å². The van der Waals surface area contributed by atoms with Crippen LogP contribution in [0.25, 0.3) is 0 Å². The second kappa shape index (κ2) is 3.65. The van der Waals surface area contributed by atoms with Crippen LogP contribution in [0.2, 0.25) is 0 Å². The van der Waals surface area contributed by atoms with Crippen molar-refractivity contribution in [1.82, 2.24) is 0 Å². The van der Waals surface area contributed by atoms with E-state index in [0.29, 0.717) is 18.5 Å². The zero-order chi connectivity index (χ0) is 12.8. The van der Waals surface area contributed by atoms with Gasteiger partial charge in [0.25, 0.3) is 0 Å². The Morgan fingerprint density at radius 2 is 2.06 bits per heavy atom. The monoisotopic (exact) mass is 245 g/mol. The first kappa shape index (κ1) is 11.8. The summed E-state index contributed by atoms with van der Waals surface area (Å²) in [7, 11) is 0. The maximum Gasteiger partial charge on any atom is 0.420 e. The Morgan fingerprint density at radius 1 is 1.41 bits per heavy atom. The number of rotatable bonds is 0. The Balaban J connectivity index is 2.55. The van der Waals surface area contributed by atoms with Crippen LogP contribution in [-0.4, -0.2) is 17.6 Å². The summed E-state index contributed by atoms with van der Waals surface area (Å²) in [5.74, 6) is -1.09. The number of aromatic hydroxyl groups is 1. The lowest BCUT2D eigenvalue weighted by Gasteiger charge is -2.17. The first-order valence-electron chi connectivity index (χ1n) is 5.02. The number of phenols is 1. The van der Waals surface area contributed by atoms with Gasteiger partial charge in [-0.15, -0.1) is 0 Å². The second-order valence-electron chi connectivity index (χ2n) is 3.92. The molecule has 17 heavy (non-hydrogen) atoms. The predicted molar refractivity (Wildman–Crippen MR) is 54.8 cm³/mol. The molecule has 1 heterocycles. The summed E-state index contributed by atoms with van der Waals surface area (Å²) in [5.41, 5.74) is -0.308. The van der Waals surface area contributed by atoms with E-state index in [4.69, 9.17) is 0 Å². The molecule has 0 saturated heterocycles. The fourth-order valence-corrected chi connectivity index (χ4v) is 1.98. The van der Waals surface area contributed by atoms with Crippen molar-refractivity contribution in [2.75, 3.05) is 11.4 Å². The van der Waals surface area contributed by atoms with Gasteiger partial charge in [-0.25, -0.2) is 0 Å². The van der Waals surface area contributed by atoms with E-state index in [0.717, 1.165) is 12.1 Å². The maximum absolute atomic E-state index is 12.6. The van der Waals surface area contributed by atoms with Gasteiger partial charge in [0, 0.05) is 19.2 Å². The first-order chi connectivity index (χ1) is 7.80. The summed E-state index contributed by atoms with van der Waals surface area (Å²) in [4.78, 5) is 12.5. The molecular formula is C11H10F3NO2. The Labute approximate surface area is 95.5 Å². The lowest BCUT2D eigenvalue weighted by Crippen LogP contribution is -2.26. The molecule has 92 valence electrons. The van der Waals surface area contributed by atoms with E-state index in [1.54, 1.807) is 0 Å². The molecule has 0 fully saturated rings. The Morgan fingerprint density at radius 3 is 2.59 bits per heavy atom. The van der Waals surface area contributed by atoms with E-state index in [1.807, 2.05) is 0 Å². The summed E-state index contributed by atoms with van der Waals surface area (Å²) in [6.45, 7) is 1.65. The summed E-state index contributed by atoms with van der Waals surface area (Å²) in [6.07, 6.45) is -4.16. The van der Waals surface area contributed by atoms with Crippen LogP contribution in [-0.2, 0) is 17.4 Å². The minimum Gasteiger partial charge on any atom is -0.507 e. The Hall–Kier alpha value is -1.72. The zero-order valence-electron chi connectivity index (χ0n) is 9.01. The largest absolute Gasteiger partial charge is 0.507 e. The normalized spacial score (nSPS) is 14.9. The van der Waals surface area contributed by atoms with Crippen molar-refractivity contribution >= 4 is 11.6 Å². The summed E-state index contributed by atoms with van der Waals surface area (Å²) in [5, 5.41) is 9.31. The number of hydrogen-bond donors (Lipinski definition) is 1. The van der Waals surface area contributed by atoms with Crippen LogP contribution in [0, 0.1) is 0 Å². The van der Waals surface area contributed by atoms with Crippen LogP contribution in [0.3, 0.4) is 0 Å². The van der Waals surface area contributed by atoms with E-state index in [1.165, 1.54) is 11.8 Å². The molecule has 1 aliphatic heterocycles.